The first-order chi connectivity index (χ1) is 8.45. The molecule has 1 aromatic rings. The van der Waals surface area contributed by atoms with Crippen LogP contribution in [-0.4, -0.2) is 43.7 Å². The van der Waals surface area contributed by atoms with Gasteiger partial charge in [0.15, 0.2) is 0 Å². The van der Waals surface area contributed by atoms with Crippen LogP contribution in [0, 0.1) is 0 Å². The van der Waals surface area contributed by atoms with Gasteiger partial charge in [-0.2, -0.15) is 0 Å². The average molecular weight is 250 g/mol. The lowest BCUT2D eigenvalue weighted by molar-refractivity contribution is 0.0453. The third-order valence-electron chi connectivity index (χ3n) is 2.99. The van der Waals surface area contributed by atoms with Crippen LogP contribution >= 0.6 is 0 Å². The quantitative estimate of drug-likeness (QED) is 0.864. The van der Waals surface area contributed by atoms with Gasteiger partial charge in [0.1, 0.15) is 11.5 Å². The molecule has 0 unspecified atom stereocenters. The molecule has 5 heteroatoms. The highest BCUT2D eigenvalue weighted by Gasteiger charge is 2.38. The van der Waals surface area contributed by atoms with Crippen LogP contribution in [0.2, 0.25) is 0 Å². The maximum atomic E-state index is 12.2. The normalized spacial score (nSPS) is 17.0. The highest BCUT2D eigenvalue weighted by atomic mass is 16.5. The molecule has 2 rings (SSSR count). The van der Waals surface area contributed by atoms with Gasteiger partial charge in [-0.3, -0.25) is 4.79 Å². The van der Waals surface area contributed by atoms with Crippen molar-refractivity contribution >= 4 is 5.91 Å². The molecular weight excluding hydrogens is 232 g/mol. The van der Waals surface area contributed by atoms with Crippen molar-refractivity contribution < 1.29 is 14.3 Å². The topological polar surface area (TPSA) is 64.8 Å². The van der Waals surface area contributed by atoms with Crippen molar-refractivity contribution in [1.29, 1.82) is 0 Å². The summed E-state index contributed by atoms with van der Waals surface area (Å²) >= 11 is 0. The van der Waals surface area contributed by atoms with E-state index in [9.17, 15) is 4.79 Å². The van der Waals surface area contributed by atoms with Crippen LogP contribution in [0.5, 0.6) is 11.5 Å². The predicted octanol–water partition coefficient (Wildman–Crippen LogP) is 0.877. The van der Waals surface area contributed by atoms with Gasteiger partial charge in [0.2, 0.25) is 0 Å². The van der Waals surface area contributed by atoms with Gasteiger partial charge in [-0.25, -0.2) is 0 Å². The lowest BCUT2D eigenvalue weighted by Crippen LogP contribution is -2.66. The summed E-state index contributed by atoms with van der Waals surface area (Å²) in [6, 6.07) is 5.15. The molecule has 0 spiro atoms. The Hall–Kier alpha value is -1.75. The number of methoxy groups -OCH3 is 2. The standard InChI is InChI=1S/C13H18N2O3/c1-13(14)7-15(8-13)12(16)9-4-10(17-2)6-11(5-9)18-3/h4-6H,7-8,14H2,1-3H3. The number of nitrogens with two attached hydrogens (primary N) is 1. The Morgan fingerprint density at radius 3 is 2.11 bits per heavy atom. The van der Waals surface area contributed by atoms with E-state index in [4.69, 9.17) is 15.2 Å². The van der Waals surface area contributed by atoms with Gasteiger partial charge in [-0.05, 0) is 19.1 Å². The van der Waals surface area contributed by atoms with Crippen LogP contribution < -0.4 is 15.2 Å². The molecule has 0 aliphatic carbocycles. The molecule has 98 valence electrons. The van der Waals surface area contributed by atoms with E-state index in [0.717, 1.165) is 0 Å². The van der Waals surface area contributed by atoms with E-state index in [0.29, 0.717) is 30.2 Å². The van der Waals surface area contributed by atoms with Crippen molar-refractivity contribution in [3.05, 3.63) is 23.8 Å². The number of rotatable bonds is 3. The van der Waals surface area contributed by atoms with Gasteiger partial charge >= 0.3 is 0 Å². The zero-order chi connectivity index (χ0) is 13.3. The minimum atomic E-state index is -0.265. The van der Waals surface area contributed by atoms with Crippen molar-refractivity contribution in [2.24, 2.45) is 5.73 Å². The summed E-state index contributed by atoms with van der Waals surface area (Å²) in [5.41, 5.74) is 6.19. The molecule has 1 amide bonds. The molecule has 1 fully saturated rings. The first kappa shape index (κ1) is 12.7. The molecule has 0 aromatic heterocycles. The Morgan fingerprint density at radius 1 is 1.22 bits per heavy atom. The summed E-state index contributed by atoms with van der Waals surface area (Å²) in [7, 11) is 3.12. The van der Waals surface area contributed by atoms with Crippen molar-refractivity contribution in [2.75, 3.05) is 27.3 Å². The molecule has 0 atom stereocenters. The molecule has 0 saturated carbocycles. The van der Waals surface area contributed by atoms with E-state index < -0.39 is 0 Å². The third-order valence-corrected chi connectivity index (χ3v) is 2.99. The Labute approximate surface area is 106 Å². The molecule has 1 heterocycles. The fraction of sp³-hybridized carbons (Fsp3) is 0.462. The highest BCUT2D eigenvalue weighted by Crippen LogP contribution is 2.26. The minimum Gasteiger partial charge on any atom is -0.497 e. The zero-order valence-electron chi connectivity index (χ0n) is 10.9. The predicted molar refractivity (Wildman–Crippen MR) is 68.0 cm³/mol. The van der Waals surface area contributed by atoms with Crippen LogP contribution in [0.4, 0.5) is 0 Å². The van der Waals surface area contributed by atoms with E-state index in [2.05, 4.69) is 0 Å². The number of ether oxygens (including phenoxy) is 2. The molecule has 1 aromatic carbocycles. The van der Waals surface area contributed by atoms with Crippen molar-refractivity contribution in [1.82, 2.24) is 4.90 Å². The number of amides is 1. The summed E-state index contributed by atoms with van der Waals surface area (Å²) in [6.07, 6.45) is 0. The van der Waals surface area contributed by atoms with E-state index in [-0.39, 0.29) is 11.4 Å². The molecule has 1 aliphatic rings. The molecule has 2 N–H and O–H groups in total. The van der Waals surface area contributed by atoms with Gasteiger partial charge in [0.25, 0.3) is 5.91 Å². The molecule has 0 radical (unpaired) electrons. The second kappa shape index (κ2) is 4.49. The smallest absolute Gasteiger partial charge is 0.254 e. The SMILES string of the molecule is COc1cc(OC)cc(C(=O)N2CC(C)(N)C2)c1. The van der Waals surface area contributed by atoms with Gasteiger partial charge in [-0.1, -0.05) is 0 Å². The van der Waals surface area contributed by atoms with Crippen LogP contribution in [0.15, 0.2) is 18.2 Å². The van der Waals surface area contributed by atoms with E-state index in [1.54, 1.807) is 37.3 Å². The summed E-state index contributed by atoms with van der Waals surface area (Å²) in [5, 5.41) is 0. The first-order valence-corrected chi connectivity index (χ1v) is 5.76. The Kier molecular flexibility index (Phi) is 3.17. The molecular formula is C13H18N2O3. The maximum absolute atomic E-state index is 12.2. The largest absolute Gasteiger partial charge is 0.497 e. The van der Waals surface area contributed by atoms with Crippen LogP contribution in [0.3, 0.4) is 0 Å². The van der Waals surface area contributed by atoms with Crippen LogP contribution in [0.25, 0.3) is 0 Å². The lowest BCUT2D eigenvalue weighted by Gasteiger charge is -2.45. The Balaban J connectivity index is 2.20. The summed E-state index contributed by atoms with van der Waals surface area (Å²) in [5.74, 6) is 1.16. The number of hydrogen-bond acceptors (Lipinski definition) is 4. The summed E-state index contributed by atoms with van der Waals surface area (Å²) in [6.45, 7) is 3.08. The second-order valence-corrected chi connectivity index (χ2v) is 4.92. The molecule has 18 heavy (non-hydrogen) atoms. The summed E-state index contributed by atoms with van der Waals surface area (Å²) in [4.78, 5) is 13.9. The Morgan fingerprint density at radius 2 is 1.72 bits per heavy atom. The minimum absolute atomic E-state index is 0.0462. The Bertz CT molecular complexity index is 441. The lowest BCUT2D eigenvalue weighted by atomic mass is 9.93. The number of carbonyl (C=O) groups excluding carboxylic acids is 1. The van der Waals surface area contributed by atoms with Crippen LogP contribution in [-0.2, 0) is 0 Å². The second-order valence-electron chi connectivity index (χ2n) is 4.92. The fourth-order valence-corrected chi connectivity index (χ4v) is 2.08. The number of benzene rings is 1. The van der Waals surface area contributed by atoms with Gasteiger partial charge in [0, 0.05) is 30.3 Å². The van der Waals surface area contributed by atoms with Crippen molar-refractivity contribution in [2.45, 2.75) is 12.5 Å². The summed E-state index contributed by atoms with van der Waals surface area (Å²) < 4.78 is 10.3. The zero-order valence-corrected chi connectivity index (χ0v) is 10.9. The van der Waals surface area contributed by atoms with Gasteiger partial charge in [-0.15, -0.1) is 0 Å². The fourth-order valence-electron chi connectivity index (χ4n) is 2.08. The number of hydrogen-bond donors (Lipinski definition) is 1. The average Bonchev–Trinajstić information content (AvgIpc) is 2.34. The molecule has 1 saturated heterocycles. The third kappa shape index (κ3) is 2.41. The molecule has 0 bridgehead atoms. The van der Waals surface area contributed by atoms with E-state index >= 15 is 0 Å². The van der Waals surface area contributed by atoms with Crippen molar-refractivity contribution in [3.8, 4) is 11.5 Å². The van der Waals surface area contributed by atoms with Gasteiger partial charge in [0.05, 0.1) is 14.2 Å². The number of nitrogens with zero attached hydrogens (tertiary/aromatic N) is 1. The maximum Gasteiger partial charge on any atom is 0.254 e. The van der Waals surface area contributed by atoms with E-state index in [1.165, 1.54) is 0 Å². The highest BCUT2D eigenvalue weighted by molar-refractivity contribution is 5.95. The molecule has 5 nitrogen and oxygen atoms in total. The molecule has 1 aliphatic heterocycles. The first-order valence-electron chi connectivity index (χ1n) is 5.76. The van der Waals surface area contributed by atoms with Gasteiger partial charge < -0.3 is 20.1 Å². The van der Waals surface area contributed by atoms with E-state index in [1.807, 2.05) is 6.92 Å². The number of likely N-dealkylation sites (tertiary alicyclic amines) is 1. The monoisotopic (exact) mass is 250 g/mol. The van der Waals surface area contributed by atoms with Crippen molar-refractivity contribution in [3.63, 3.8) is 0 Å². The number of carbonyl (C=O) groups is 1. The van der Waals surface area contributed by atoms with Crippen LogP contribution in [0.1, 0.15) is 17.3 Å².